The van der Waals surface area contributed by atoms with Crippen LogP contribution in [0, 0.1) is 6.92 Å². The third-order valence-electron chi connectivity index (χ3n) is 2.58. The zero-order valence-corrected chi connectivity index (χ0v) is 8.49. The van der Waals surface area contributed by atoms with Gasteiger partial charge in [-0.1, -0.05) is 0 Å². The van der Waals surface area contributed by atoms with E-state index in [0.29, 0.717) is 6.10 Å². The fraction of sp³-hybridized carbons (Fsp3) is 0.545. The summed E-state index contributed by atoms with van der Waals surface area (Å²) in [6.45, 7) is 3.89. The Labute approximate surface area is 84.5 Å². The highest BCUT2D eigenvalue weighted by Crippen LogP contribution is 2.15. The van der Waals surface area contributed by atoms with E-state index in [0.717, 1.165) is 18.8 Å². The van der Waals surface area contributed by atoms with E-state index in [1.54, 1.807) is 0 Å². The Balaban J connectivity index is 1.88. The summed E-state index contributed by atoms with van der Waals surface area (Å²) in [7, 11) is 0. The van der Waals surface area contributed by atoms with E-state index in [1.807, 2.05) is 18.5 Å². The Morgan fingerprint density at radius 3 is 3.29 bits per heavy atom. The minimum absolute atomic E-state index is 0.384. The lowest BCUT2D eigenvalue weighted by molar-refractivity contribution is 0.120. The zero-order valence-electron chi connectivity index (χ0n) is 8.49. The average molecular weight is 192 g/mol. The largest absolute Gasteiger partial charge is 0.381 e. The van der Waals surface area contributed by atoms with Crippen LogP contribution in [0.5, 0.6) is 0 Å². The van der Waals surface area contributed by atoms with Gasteiger partial charge in [-0.3, -0.25) is 4.98 Å². The molecule has 0 bridgehead atoms. The Morgan fingerprint density at radius 2 is 2.57 bits per heavy atom. The number of nitrogens with zero attached hydrogens (tertiary/aromatic N) is 1. The first-order chi connectivity index (χ1) is 6.86. The van der Waals surface area contributed by atoms with E-state index < -0.39 is 0 Å². The predicted molar refractivity (Wildman–Crippen MR) is 56.4 cm³/mol. The van der Waals surface area contributed by atoms with Gasteiger partial charge in [-0.2, -0.15) is 0 Å². The summed E-state index contributed by atoms with van der Waals surface area (Å²) in [5.41, 5.74) is 2.35. The van der Waals surface area contributed by atoms with Crippen LogP contribution in [0.2, 0.25) is 0 Å². The second-order valence-electron chi connectivity index (χ2n) is 3.71. The van der Waals surface area contributed by atoms with Crippen LogP contribution in [0.1, 0.15) is 18.4 Å². The molecule has 1 unspecified atom stereocenters. The van der Waals surface area contributed by atoms with Crippen molar-refractivity contribution >= 4 is 5.69 Å². The Morgan fingerprint density at radius 1 is 1.64 bits per heavy atom. The van der Waals surface area contributed by atoms with Crippen LogP contribution >= 0.6 is 0 Å². The van der Waals surface area contributed by atoms with Crippen molar-refractivity contribution in [2.24, 2.45) is 0 Å². The second kappa shape index (κ2) is 4.42. The van der Waals surface area contributed by atoms with Crippen LogP contribution in [0.25, 0.3) is 0 Å². The number of rotatable bonds is 3. The molecule has 1 aromatic heterocycles. The predicted octanol–water partition coefficient (Wildman–Crippen LogP) is 1.98. The summed E-state index contributed by atoms with van der Waals surface area (Å²) >= 11 is 0. The van der Waals surface area contributed by atoms with Gasteiger partial charge in [-0.25, -0.2) is 0 Å². The standard InChI is InChI=1S/C11H16N2O/c1-9-4-5-12-8-11(9)13-7-10-3-2-6-14-10/h4-5,8,10,13H,2-3,6-7H2,1H3. The summed E-state index contributed by atoms with van der Waals surface area (Å²) in [5, 5.41) is 3.37. The third-order valence-corrected chi connectivity index (χ3v) is 2.58. The van der Waals surface area contributed by atoms with Gasteiger partial charge in [0.05, 0.1) is 18.0 Å². The molecule has 76 valence electrons. The van der Waals surface area contributed by atoms with E-state index in [-0.39, 0.29) is 0 Å². The van der Waals surface area contributed by atoms with Gasteiger partial charge >= 0.3 is 0 Å². The summed E-state index contributed by atoms with van der Waals surface area (Å²) in [4.78, 5) is 4.09. The quantitative estimate of drug-likeness (QED) is 0.795. The number of aromatic nitrogens is 1. The van der Waals surface area contributed by atoms with E-state index in [9.17, 15) is 0 Å². The Kier molecular flexibility index (Phi) is 2.99. The van der Waals surface area contributed by atoms with Crippen molar-refractivity contribution in [3.05, 3.63) is 24.0 Å². The van der Waals surface area contributed by atoms with E-state index >= 15 is 0 Å². The number of ether oxygens (including phenoxy) is 1. The topological polar surface area (TPSA) is 34.2 Å². The van der Waals surface area contributed by atoms with Crippen LogP contribution < -0.4 is 5.32 Å². The highest BCUT2D eigenvalue weighted by Gasteiger charge is 2.14. The van der Waals surface area contributed by atoms with Gasteiger partial charge in [0.25, 0.3) is 0 Å². The Hall–Kier alpha value is -1.09. The van der Waals surface area contributed by atoms with Crippen LogP contribution in [0.4, 0.5) is 5.69 Å². The van der Waals surface area contributed by atoms with Crippen LogP contribution in [0.3, 0.4) is 0 Å². The van der Waals surface area contributed by atoms with Crippen molar-refractivity contribution in [1.82, 2.24) is 4.98 Å². The molecule has 14 heavy (non-hydrogen) atoms. The summed E-state index contributed by atoms with van der Waals surface area (Å²) in [5.74, 6) is 0. The lowest BCUT2D eigenvalue weighted by Gasteiger charge is -2.12. The highest BCUT2D eigenvalue weighted by molar-refractivity contribution is 5.47. The number of aryl methyl sites for hydroxylation is 1. The van der Waals surface area contributed by atoms with Crippen molar-refractivity contribution in [3.63, 3.8) is 0 Å². The van der Waals surface area contributed by atoms with Crippen LogP contribution in [0.15, 0.2) is 18.5 Å². The molecule has 2 heterocycles. The molecule has 1 atom stereocenters. The molecule has 1 aliphatic heterocycles. The van der Waals surface area contributed by atoms with Gasteiger partial charge in [0.15, 0.2) is 0 Å². The molecule has 0 radical (unpaired) electrons. The van der Waals surface area contributed by atoms with Crippen molar-refractivity contribution in [2.75, 3.05) is 18.5 Å². The molecule has 0 aliphatic carbocycles. The number of nitrogens with one attached hydrogen (secondary N) is 1. The summed E-state index contributed by atoms with van der Waals surface area (Å²) in [6, 6.07) is 2.01. The molecule has 0 spiro atoms. The first kappa shape index (κ1) is 9.46. The Bertz CT molecular complexity index is 295. The summed E-state index contributed by atoms with van der Waals surface area (Å²) < 4.78 is 5.53. The molecule has 1 aliphatic rings. The number of anilines is 1. The minimum atomic E-state index is 0.384. The smallest absolute Gasteiger partial charge is 0.0748 e. The molecule has 1 aromatic rings. The maximum absolute atomic E-state index is 5.53. The lowest BCUT2D eigenvalue weighted by Crippen LogP contribution is -2.18. The molecule has 3 nitrogen and oxygen atoms in total. The van der Waals surface area contributed by atoms with Crippen molar-refractivity contribution < 1.29 is 4.74 Å². The molecule has 0 amide bonds. The van der Waals surface area contributed by atoms with Crippen molar-refractivity contribution in [2.45, 2.75) is 25.9 Å². The maximum atomic E-state index is 5.53. The average Bonchev–Trinajstić information content (AvgIpc) is 2.69. The van der Waals surface area contributed by atoms with E-state index in [2.05, 4.69) is 17.2 Å². The van der Waals surface area contributed by atoms with Crippen LogP contribution in [-0.4, -0.2) is 24.2 Å². The SMILES string of the molecule is Cc1ccncc1NCC1CCCO1. The molecule has 2 rings (SSSR count). The van der Waals surface area contributed by atoms with Crippen molar-refractivity contribution in [3.8, 4) is 0 Å². The van der Waals surface area contributed by atoms with Gasteiger partial charge in [0.2, 0.25) is 0 Å². The molecular formula is C11H16N2O. The van der Waals surface area contributed by atoms with Crippen molar-refractivity contribution in [1.29, 1.82) is 0 Å². The van der Waals surface area contributed by atoms with Gasteiger partial charge in [-0.05, 0) is 31.4 Å². The van der Waals surface area contributed by atoms with Crippen LogP contribution in [-0.2, 0) is 4.74 Å². The third kappa shape index (κ3) is 2.23. The molecule has 1 N–H and O–H groups in total. The van der Waals surface area contributed by atoms with Gasteiger partial charge in [-0.15, -0.1) is 0 Å². The fourth-order valence-electron chi connectivity index (χ4n) is 1.68. The molecule has 1 fully saturated rings. The van der Waals surface area contributed by atoms with E-state index in [1.165, 1.54) is 18.4 Å². The molecular weight excluding hydrogens is 176 g/mol. The van der Waals surface area contributed by atoms with E-state index in [4.69, 9.17) is 4.74 Å². The molecule has 0 saturated carbocycles. The number of hydrogen-bond donors (Lipinski definition) is 1. The molecule has 0 aromatic carbocycles. The molecule has 3 heteroatoms. The lowest BCUT2D eigenvalue weighted by atomic mass is 10.2. The van der Waals surface area contributed by atoms with Gasteiger partial charge in [0, 0.05) is 19.3 Å². The first-order valence-corrected chi connectivity index (χ1v) is 5.12. The highest BCUT2D eigenvalue weighted by atomic mass is 16.5. The first-order valence-electron chi connectivity index (χ1n) is 5.12. The number of pyridine rings is 1. The monoisotopic (exact) mass is 192 g/mol. The number of hydrogen-bond acceptors (Lipinski definition) is 3. The van der Waals surface area contributed by atoms with Gasteiger partial charge < -0.3 is 10.1 Å². The normalized spacial score (nSPS) is 21.1. The summed E-state index contributed by atoms with van der Waals surface area (Å²) in [6.07, 6.45) is 6.43. The van der Waals surface area contributed by atoms with Gasteiger partial charge in [0.1, 0.15) is 0 Å². The maximum Gasteiger partial charge on any atom is 0.0748 e. The second-order valence-corrected chi connectivity index (χ2v) is 3.71. The zero-order chi connectivity index (χ0) is 9.80. The molecule has 1 saturated heterocycles. The minimum Gasteiger partial charge on any atom is -0.381 e. The fourth-order valence-corrected chi connectivity index (χ4v) is 1.68.